The minimum atomic E-state index is -0.801. The largest absolute Gasteiger partial charge is 0.351 e. The van der Waals surface area contributed by atoms with E-state index in [2.05, 4.69) is 20.9 Å². The number of nitrogens with zero attached hydrogens (tertiary/aromatic N) is 1. The van der Waals surface area contributed by atoms with Crippen LogP contribution in [0.15, 0.2) is 30.3 Å². The maximum atomic E-state index is 13.6. The minimum absolute atomic E-state index is 0.0330. The van der Waals surface area contributed by atoms with Crippen LogP contribution >= 0.6 is 0 Å². The number of carbonyl (C=O) groups is 5. The highest BCUT2D eigenvalue weighted by molar-refractivity contribution is 5.99. The van der Waals surface area contributed by atoms with Crippen LogP contribution in [-0.2, 0) is 19.2 Å². The SMILES string of the molecule is CC(=O)N1CCC2(CC1)CC(CC(C=O)NC(=O)[C@]1(CC(C)C)CC1NC(=O)c1cc3ccccc3[nH]1)C(=O)N2. The Morgan fingerprint density at radius 3 is 2.52 bits per heavy atom. The van der Waals surface area contributed by atoms with Crippen molar-refractivity contribution in [2.45, 2.75) is 76.9 Å². The number of amides is 4. The maximum absolute atomic E-state index is 13.6. The first kappa shape index (κ1) is 27.9. The van der Waals surface area contributed by atoms with Crippen molar-refractivity contribution in [1.29, 1.82) is 0 Å². The molecule has 4 N–H and O–H groups in total. The van der Waals surface area contributed by atoms with Gasteiger partial charge in [0.2, 0.25) is 17.7 Å². The predicted molar refractivity (Wildman–Crippen MR) is 149 cm³/mol. The molecule has 3 aliphatic rings. The zero-order chi connectivity index (χ0) is 28.7. The van der Waals surface area contributed by atoms with Crippen molar-refractivity contribution < 1.29 is 24.0 Å². The van der Waals surface area contributed by atoms with Gasteiger partial charge in [0.25, 0.3) is 5.91 Å². The fraction of sp³-hybridized carbons (Fsp3) is 0.567. The monoisotopic (exact) mass is 549 g/mol. The van der Waals surface area contributed by atoms with E-state index < -0.39 is 17.4 Å². The van der Waals surface area contributed by atoms with Crippen LogP contribution in [0, 0.1) is 17.3 Å². The molecule has 1 spiro atoms. The third-order valence-electron chi connectivity index (χ3n) is 8.96. The number of aromatic nitrogens is 1. The van der Waals surface area contributed by atoms with Gasteiger partial charge in [-0.3, -0.25) is 19.2 Å². The van der Waals surface area contributed by atoms with Gasteiger partial charge in [-0.1, -0.05) is 32.0 Å². The number of hydrogen-bond acceptors (Lipinski definition) is 5. The molecule has 1 aromatic carbocycles. The Labute approximate surface area is 234 Å². The van der Waals surface area contributed by atoms with Gasteiger partial charge in [0.05, 0.1) is 11.5 Å². The second kappa shape index (κ2) is 10.7. The molecule has 3 heterocycles. The summed E-state index contributed by atoms with van der Waals surface area (Å²) in [6.07, 6.45) is 3.94. The zero-order valence-corrected chi connectivity index (χ0v) is 23.4. The number of para-hydroxylation sites is 1. The summed E-state index contributed by atoms with van der Waals surface area (Å²) in [5.74, 6) is -0.790. The lowest BCUT2D eigenvalue weighted by Crippen LogP contribution is -2.51. The third-order valence-corrected chi connectivity index (χ3v) is 8.96. The quantitative estimate of drug-likeness (QED) is 0.355. The fourth-order valence-electron chi connectivity index (χ4n) is 6.74. The van der Waals surface area contributed by atoms with Crippen molar-refractivity contribution in [3.05, 3.63) is 36.0 Å². The molecule has 2 saturated heterocycles. The number of piperidine rings is 1. The van der Waals surface area contributed by atoms with Gasteiger partial charge in [0.1, 0.15) is 12.0 Å². The highest BCUT2D eigenvalue weighted by Gasteiger charge is 2.61. The lowest BCUT2D eigenvalue weighted by molar-refractivity contribution is -0.131. The van der Waals surface area contributed by atoms with E-state index in [9.17, 15) is 24.0 Å². The maximum Gasteiger partial charge on any atom is 0.267 e. The van der Waals surface area contributed by atoms with Gasteiger partial charge in [-0.15, -0.1) is 0 Å². The van der Waals surface area contributed by atoms with Crippen LogP contribution in [-0.4, -0.2) is 70.5 Å². The van der Waals surface area contributed by atoms with Gasteiger partial charge in [0, 0.05) is 48.4 Å². The molecule has 3 unspecified atom stereocenters. The molecular formula is C30H39N5O5. The molecule has 10 nitrogen and oxygen atoms in total. The van der Waals surface area contributed by atoms with E-state index in [1.165, 1.54) is 0 Å². The number of rotatable bonds is 9. The van der Waals surface area contributed by atoms with Crippen LogP contribution in [0.3, 0.4) is 0 Å². The number of carbonyl (C=O) groups excluding carboxylic acids is 5. The molecule has 0 bridgehead atoms. The van der Waals surface area contributed by atoms with E-state index >= 15 is 0 Å². The molecule has 4 amide bonds. The predicted octanol–water partition coefficient (Wildman–Crippen LogP) is 2.29. The zero-order valence-electron chi connectivity index (χ0n) is 23.4. The van der Waals surface area contributed by atoms with Crippen molar-refractivity contribution >= 4 is 40.8 Å². The van der Waals surface area contributed by atoms with Crippen LogP contribution < -0.4 is 16.0 Å². The Morgan fingerprint density at radius 1 is 1.15 bits per heavy atom. The topological polar surface area (TPSA) is 140 Å². The number of nitrogens with one attached hydrogen (secondary N) is 4. The molecule has 10 heteroatoms. The highest BCUT2D eigenvalue weighted by atomic mass is 16.2. The summed E-state index contributed by atoms with van der Waals surface area (Å²) in [7, 11) is 0. The summed E-state index contributed by atoms with van der Waals surface area (Å²) in [6.45, 7) is 6.80. The second-order valence-corrected chi connectivity index (χ2v) is 12.4. The molecule has 40 heavy (non-hydrogen) atoms. The molecular weight excluding hydrogens is 510 g/mol. The van der Waals surface area contributed by atoms with Crippen molar-refractivity contribution in [3.8, 4) is 0 Å². The first-order chi connectivity index (χ1) is 19.0. The number of hydrogen-bond donors (Lipinski definition) is 4. The summed E-state index contributed by atoms with van der Waals surface area (Å²) in [5.41, 5.74) is 0.146. The molecule has 214 valence electrons. The molecule has 1 aromatic heterocycles. The number of aromatic amines is 1. The van der Waals surface area contributed by atoms with E-state index in [4.69, 9.17) is 0 Å². The van der Waals surface area contributed by atoms with Gasteiger partial charge < -0.3 is 30.6 Å². The number of benzene rings is 1. The smallest absolute Gasteiger partial charge is 0.267 e. The van der Waals surface area contributed by atoms with E-state index in [1.54, 1.807) is 17.9 Å². The third kappa shape index (κ3) is 5.48. The lowest BCUT2D eigenvalue weighted by atomic mass is 9.82. The molecule has 2 aromatic rings. The average Bonchev–Trinajstić information content (AvgIpc) is 3.26. The molecule has 4 atom stereocenters. The molecule has 1 aliphatic carbocycles. The van der Waals surface area contributed by atoms with E-state index in [1.807, 2.05) is 38.1 Å². The minimum Gasteiger partial charge on any atom is -0.351 e. The Hall–Kier alpha value is -3.69. The number of aldehydes is 1. The molecule has 1 saturated carbocycles. The summed E-state index contributed by atoms with van der Waals surface area (Å²) in [6, 6.07) is 8.29. The van der Waals surface area contributed by atoms with Gasteiger partial charge >= 0.3 is 0 Å². The van der Waals surface area contributed by atoms with Gasteiger partial charge in [0.15, 0.2) is 0 Å². The normalized spacial score (nSPS) is 26.0. The summed E-state index contributed by atoms with van der Waals surface area (Å²) >= 11 is 0. The molecule has 3 fully saturated rings. The van der Waals surface area contributed by atoms with Crippen molar-refractivity contribution in [2.75, 3.05) is 13.1 Å². The van der Waals surface area contributed by atoms with Gasteiger partial charge in [-0.05, 0) is 56.6 Å². The van der Waals surface area contributed by atoms with Gasteiger partial charge in [-0.2, -0.15) is 0 Å². The fourth-order valence-corrected chi connectivity index (χ4v) is 6.74. The Balaban J connectivity index is 1.21. The van der Waals surface area contributed by atoms with Crippen molar-refractivity contribution in [3.63, 3.8) is 0 Å². The first-order valence-electron chi connectivity index (χ1n) is 14.3. The van der Waals surface area contributed by atoms with Crippen LogP contribution in [0.5, 0.6) is 0 Å². The van der Waals surface area contributed by atoms with Crippen LogP contribution in [0.1, 0.15) is 69.8 Å². The van der Waals surface area contributed by atoms with Crippen molar-refractivity contribution in [2.24, 2.45) is 17.3 Å². The Kier molecular flexibility index (Phi) is 7.46. The summed E-state index contributed by atoms with van der Waals surface area (Å²) in [5, 5.41) is 9.98. The van der Waals surface area contributed by atoms with E-state index in [-0.39, 0.29) is 47.5 Å². The second-order valence-electron chi connectivity index (χ2n) is 12.4. The highest BCUT2D eigenvalue weighted by Crippen LogP contribution is 2.51. The molecule has 0 radical (unpaired) electrons. The molecule has 5 rings (SSSR count). The first-order valence-corrected chi connectivity index (χ1v) is 14.3. The lowest BCUT2D eigenvalue weighted by Gasteiger charge is -2.39. The van der Waals surface area contributed by atoms with Crippen molar-refractivity contribution in [1.82, 2.24) is 25.8 Å². The molecule has 2 aliphatic heterocycles. The number of likely N-dealkylation sites (tertiary alicyclic amines) is 1. The summed E-state index contributed by atoms with van der Waals surface area (Å²) < 4.78 is 0. The van der Waals surface area contributed by atoms with Crippen LogP contribution in [0.25, 0.3) is 10.9 Å². The van der Waals surface area contributed by atoms with Gasteiger partial charge in [-0.25, -0.2) is 0 Å². The Morgan fingerprint density at radius 2 is 1.88 bits per heavy atom. The summed E-state index contributed by atoms with van der Waals surface area (Å²) in [4.78, 5) is 68.1. The average molecular weight is 550 g/mol. The van der Waals surface area contributed by atoms with E-state index in [0.717, 1.165) is 10.9 Å². The van der Waals surface area contributed by atoms with E-state index in [0.29, 0.717) is 57.2 Å². The standard InChI is InChI=1S/C30H39N5O5/c1-18(2)14-30(16-25(30)33-27(39)24-13-20-6-4-5-7-23(20)32-24)28(40)31-22(17-36)12-21-15-29(34-26(21)38)8-10-35(11-9-29)19(3)37/h4-7,13,17-18,21-22,25,32H,8-12,14-16H2,1-3H3,(H,31,40)(H,33,39)(H,34,38)/t21?,22?,25?,30-/m1/s1. The van der Waals surface area contributed by atoms with Crippen LogP contribution in [0.4, 0.5) is 0 Å². The Bertz CT molecular complexity index is 1290. The van der Waals surface area contributed by atoms with Crippen LogP contribution in [0.2, 0.25) is 0 Å². The number of H-pyrrole nitrogens is 1. The number of fused-ring (bicyclic) bond motifs is 1.